The van der Waals surface area contributed by atoms with Crippen LogP contribution in [0.3, 0.4) is 0 Å². The van der Waals surface area contributed by atoms with E-state index >= 15 is 0 Å². The lowest BCUT2D eigenvalue weighted by Crippen LogP contribution is -2.31. The van der Waals surface area contributed by atoms with Gasteiger partial charge in [0.2, 0.25) is 5.91 Å². The van der Waals surface area contributed by atoms with Crippen molar-refractivity contribution in [3.8, 4) is 0 Å². The lowest BCUT2D eigenvalue weighted by atomic mass is 10.2. The third kappa shape index (κ3) is 2.98. The van der Waals surface area contributed by atoms with Crippen molar-refractivity contribution < 1.29 is 18.0 Å². The van der Waals surface area contributed by atoms with Crippen LogP contribution >= 0.6 is 15.9 Å². The van der Waals surface area contributed by atoms with Gasteiger partial charge in [0.25, 0.3) is 0 Å². The lowest BCUT2D eigenvalue weighted by Gasteiger charge is -2.16. The molecule has 0 saturated heterocycles. The summed E-state index contributed by atoms with van der Waals surface area (Å²) in [6.45, 7) is 3.03. The van der Waals surface area contributed by atoms with E-state index in [9.17, 15) is 18.0 Å². The van der Waals surface area contributed by atoms with E-state index in [2.05, 4.69) is 15.9 Å². The van der Waals surface area contributed by atoms with Gasteiger partial charge >= 0.3 is 0 Å². The minimum Gasteiger partial charge on any atom is -0.320 e. The quantitative estimate of drug-likeness (QED) is 0.834. The van der Waals surface area contributed by atoms with E-state index in [0.29, 0.717) is 12.1 Å². The maximum Gasteiger partial charge on any atom is 0.240 e. The molecule has 16 heavy (non-hydrogen) atoms. The molecular formula is C10H9BrF3NO. The largest absolute Gasteiger partial charge is 0.320 e. The topological polar surface area (TPSA) is 29.1 Å². The van der Waals surface area contributed by atoms with Gasteiger partial charge in [0.15, 0.2) is 11.6 Å². The van der Waals surface area contributed by atoms with Crippen LogP contribution < -0.4 is 5.32 Å². The van der Waals surface area contributed by atoms with Gasteiger partial charge in [-0.2, -0.15) is 0 Å². The zero-order chi connectivity index (χ0) is 12.5. The standard InChI is InChI=1S/C10H9BrF3NO/c1-10(2,11)9(16)15-8-6(13)3-5(12)4-7(8)14/h3-4H,1-2H3,(H,15,16). The number of hydrogen-bond donors (Lipinski definition) is 1. The molecule has 1 rings (SSSR count). The van der Waals surface area contributed by atoms with Crippen LogP contribution in [0.25, 0.3) is 0 Å². The molecule has 0 atom stereocenters. The van der Waals surface area contributed by atoms with Gasteiger partial charge in [-0.25, -0.2) is 13.2 Å². The van der Waals surface area contributed by atoms with E-state index in [4.69, 9.17) is 0 Å². The minimum atomic E-state index is -1.15. The number of anilines is 1. The average molecular weight is 296 g/mol. The highest BCUT2D eigenvalue weighted by Gasteiger charge is 2.25. The molecule has 0 spiro atoms. The van der Waals surface area contributed by atoms with Crippen LogP contribution in [0.5, 0.6) is 0 Å². The first-order chi connectivity index (χ1) is 7.21. The Hall–Kier alpha value is -1.04. The van der Waals surface area contributed by atoms with Gasteiger partial charge in [-0.3, -0.25) is 4.79 Å². The van der Waals surface area contributed by atoms with Crippen molar-refractivity contribution in [1.29, 1.82) is 0 Å². The van der Waals surface area contributed by atoms with Crippen molar-refractivity contribution in [3.63, 3.8) is 0 Å². The first-order valence-corrected chi connectivity index (χ1v) is 5.16. The Bertz CT molecular complexity index is 406. The van der Waals surface area contributed by atoms with E-state index in [1.54, 1.807) is 0 Å². The van der Waals surface area contributed by atoms with E-state index in [1.807, 2.05) is 5.32 Å². The van der Waals surface area contributed by atoms with E-state index in [-0.39, 0.29) is 0 Å². The molecule has 0 aliphatic carbocycles. The fourth-order valence-corrected chi connectivity index (χ4v) is 1.02. The Labute approximate surface area is 99.0 Å². The first-order valence-electron chi connectivity index (χ1n) is 4.36. The Morgan fingerprint density at radius 3 is 2.06 bits per heavy atom. The molecule has 2 nitrogen and oxygen atoms in total. The highest BCUT2D eigenvalue weighted by Crippen LogP contribution is 2.23. The summed E-state index contributed by atoms with van der Waals surface area (Å²) in [6, 6.07) is 1.000. The molecule has 1 amide bonds. The predicted molar refractivity (Wildman–Crippen MR) is 58.0 cm³/mol. The summed E-state index contributed by atoms with van der Waals surface area (Å²) in [5, 5.41) is 2.04. The third-order valence-corrected chi connectivity index (χ3v) is 2.15. The summed E-state index contributed by atoms with van der Waals surface area (Å²) >= 11 is 3.03. The van der Waals surface area contributed by atoms with Crippen LogP contribution in [0.1, 0.15) is 13.8 Å². The van der Waals surface area contributed by atoms with E-state index < -0.39 is 33.4 Å². The number of alkyl halides is 1. The number of rotatable bonds is 2. The maximum atomic E-state index is 13.1. The zero-order valence-electron chi connectivity index (χ0n) is 8.57. The summed E-state index contributed by atoms with van der Waals surface area (Å²) in [4.78, 5) is 11.4. The van der Waals surface area contributed by atoms with Gasteiger partial charge in [-0.1, -0.05) is 15.9 Å². The molecular weight excluding hydrogens is 287 g/mol. The molecule has 1 aromatic rings. The van der Waals surface area contributed by atoms with Crippen LogP contribution in [0.2, 0.25) is 0 Å². The van der Waals surface area contributed by atoms with Crippen LogP contribution in [0.15, 0.2) is 12.1 Å². The zero-order valence-corrected chi connectivity index (χ0v) is 10.2. The number of carbonyl (C=O) groups excluding carboxylic acids is 1. The second-order valence-electron chi connectivity index (χ2n) is 3.67. The van der Waals surface area contributed by atoms with Gasteiger partial charge in [0, 0.05) is 12.1 Å². The van der Waals surface area contributed by atoms with Crippen molar-refractivity contribution in [2.24, 2.45) is 0 Å². The molecule has 0 aromatic heterocycles. The molecule has 0 aliphatic heterocycles. The Kier molecular flexibility index (Phi) is 3.62. The fourth-order valence-electron chi connectivity index (χ4n) is 0.924. The summed E-state index contributed by atoms with van der Waals surface area (Å²) < 4.78 is 37.9. The van der Waals surface area contributed by atoms with Crippen LogP contribution in [0, 0.1) is 17.5 Å². The average Bonchev–Trinajstić information content (AvgIpc) is 2.08. The fraction of sp³-hybridized carbons (Fsp3) is 0.300. The van der Waals surface area contributed by atoms with Crippen molar-refractivity contribution in [1.82, 2.24) is 0 Å². The number of nitrogens with one attached hydrogen (secondary N) is 1. The SMILES string of the molecule is CC(C)(Br)C(=O)Nc1c(F)cc(F)cc1F. The summed E-state index contributed by atoms with van der Waals surface area (Å²) in [5.41, 5.74) is -0.654. The van der Waals surface area contributed by atoms with Crippen LogP contribution in [-0.4, -0.2) is 10.2 Å². The normalized spacial score (nSPS) is 11.4. The molecule has 0 saturated carbocycles. The van der Waals surface area contributed by atoms with Gasteiger partial charge in [-0.15, -0.1) is 0 Å². The van der Waals surface area contributed by atoms with Gasteiger partial charge < -0.3 is 5.32 Å². The molecule has 0 radical (unpaired) electrons. The Morgan fingerprint density at radius 2 is 1.69 bits per heavy atom. The van der Waals surface area contributed by atoms with Crippen molar-refractivity contribution in [2.45, 2.75) is 18.2 Å². The molecule has 0 heterocycles. The second kappa shape index (κ2) is 4.45. The number of carbonyl (C=O) groups is 1. The first kappa shape index (κ1) is 13.0. The molecule has 0 unspecified atom stereocenters. The summed E-state index contributed by atoms with van der Waals surface area (Å²) in [6.07, 6.45) is 0. The number of amides is 1. The lowest BCUT2D eigenvalue weighted by molar-refractivity contribution is -0.117. The molecule has 0 aliphatic rings. The Balaban J connectivity index is 3.03. The highest BCUT2D eigenvalue weighted by molar-refractivity contribution is 9.10. The van der Waals surface area contributed by atoms with Crippen molar-refractivity contribution >= 4 is 27.5 Å². The van der Waals surface area contributed by atoms with Gasteiger partial charge in [0.05, 0.1) is 4.32 Å². The van der Waals surface area contributed by atoms with Crippen LogP contribution in [0.4, 0.5) is 18.9 Å². The van der Waals surface area contributed by atoms with Gasteiger partial charge in [-0.05, 0) is 13.8 Å². The van der Waals surface area contributed by atoms with Crippen LogP contribution in [-0.2, 0) is 4.79 Å². The van der Waals surface area contributed by atoms with Crippen molar-refractivity contribution in [2.75, 3.05) is 5.32 Å². The molecule has 0 bridgehead atoms. The highest BCUT2D eigenvalue weighted by atomic mass is 79.9. The number of benzene rings is 1. The maximum absolute atomic E-state index is 13.1. The van der Waals surface area contributed by atoms with Gasteiger partial charge in [0.1, 0.15) is 11.5 Å². The Morgan fingerprint density at radius 1 is 1.25 bits per heavy atom. The summed E-state index contributed by atoms with van der Waals surface area (Å²) in [5.74, 6) is -3.96. The predicted octanol–water partition coefficient (Wildman–Crippen LogP) is 3.22. The molecule has 1 N–H and O–H groups in total. The third-order valence-electron chi connectivity index (χ3n) is 1.79. The smallest absolute Gasteiger partial charge is 0.240 e. The number of halogens is 4. The van der Waals surface area contributed by atoms with Crippen molar-refractivity contribution in [3.05, 3.63) is 29.6 Å². The summed E-state index contributed by atoms with van der Waals surface area (Å²) in [7, 11) is 0. The van der Waals surface area contributed by atoms with E-state index in [0.717, 1.165) is 0 Å². The molecule has 88 valence electrons. The molecule has 0 fully saturated rings. The van der Waals surface area contributed by atoms with E-state index in [1.165, 1.54) is 13.8 Å². The molecule has 6 heteroatoms. The molecule has 1 aromatic carbocycles. The monoisotopic (exact) mass is 295 g/mol. The minimum absolute atomic E-state index is 0.500. The number of hydrogen-bond acceptors (Lipinski definition) is 1. The second-order valence-corrected chi connectivity index (χ2v) is 5.65.